The molecule has 0 aliphatic carbocycles. The number of imidazole rings is 2. The van der Waals surface area contributed by atoms with Crippen LogP contribution in [-0.4, -0.2) is 63.1 Å². The van der Waals surface area contributed by atoms with Crippen molar-refractivity contribution in [1.29, 1.82) is 0 Å². The summed E-state index contributed by atoms with van der Waals surface area (Å²) in [5, 5.41) is 40.2. The Morgan fingerprint density at radius 2 is 1.20 bits per heavy atom. The van der Waals surface area contributed by atoms with Gasteiger partial charge in [0.15, 0.2) is 19.1 Å². The normalized spacial score (nSPS) is 12.8. The molecule has 2 rings (SSSR count). The van der Waals surface area contributed by atoms with Crippen molar-refractivity contribution in [2.45, 2.75) is 39.1 Å². The first kappa shape index (κ1) is 27.2. The van der Waals surface area contributed by atoms with Crippen LogP contribution in [0.15, 0.2) is 0 Å². The Bertz CT molecular complexity index is 836. The van der Waals surface area contributed by atoms with Crippen molar-refractivity contribution in [3.63, 3.8) is 0 Å². The Morgan fingerprint density at radius 1 is 0.900 bits per heavy atom. The first-order chi connectivity index (χ1) is 13.9. The van der Waals surface area contributed by atoms with Gasteiger partial charge in [-0.1, -0.05) is 0 Å². The number of aliphatic hydroxyl groups is 2. The summed E-state index contributed by atoms with van der Waals surface area (Å²) in [5.74, 6) is 0.858. The molecule has 12 nitrogen and oxygen atoms in total. The van der Waals surface area contributed by atoms with E-state index in [9.17, 15) is 30.4 Å². The molecule has 2 aromatic heterocycles. The Balaban J connectivity index is 0.000000300. The zero-order valence-corrected chi connectivity index (χ0v) is 21.5. The fourth-order valence-corrected chi connectivity index (χ4v) is 4.21. The molecule has 2 aromatic rings. The molecule has 2 N–H and O–H groups in total. The number of nitrogens with zero attached hydrogens (tertiary/aromatic N) is 6. The van der Waals surface area contributed by atoms with Gasteiger partial charge in [0.2, 0.25) is 0 Å². The fraction of sp³-hybridized carbons (Fsp3) is 0.571. The number of nitro groups is 2. The number of aliphatic hydroxyl groups excluding tert-OH is 2. The van der Waals surface area contributed by atoms with Crippen molar-refractivity contribution < 1.29 is 20.1 Å². The number of halogens is 4. The number of alkyl halides is 2. The van der Waals surface area contributed by atoms with Crippen molar-refractivity contribution in [2.24, 2.45) is 0 Å². The van der Waals surface area contributed by atoms with E-state index in [-0.39, 0.29) is 36.5 Å². The summed E-state index contributed by atoms with van der Waals surface area (Å²) in [4.78, 5) is 28.4. The molecule has 168 valence electrons. The van der Waals surface area contributed by atoms with E-state index in [1.54, 1.807) is 59.0 Å². The summed E-state index contributed by atoms with van der Waals surface area (Å²) in [6.45, 7) is 3.47. The van der Waals surface area contributed by atoms with Crippen LogP contribution < -0.4 is 0 Å². The van der Waals surface area contributed by atoms with Crippen LogP contribution in [0.1, 0.15) is 11.6 Å². The van der Waals surface area contributed by atoms with Gasteiger partial charge in [-0.3, -0.25) is 0 Å². The number of hydrogen-bond acceptors (Lipinski definition) is 8. The monoisotopic (exact) mass is 690 g/mol. The Labute approximate surface area is 208 Å². The van der Waals surface area contributed by atoms with Crippen LogP contribution in [0.3, 0.4) is 0 Å². The van der Waals surface area contributed by atoms with Crippen molar-refractivity contribution in [2.75, 3.05) is 11.8 Å². The summed E-state index contributed by atoms with van der Waals surface area (Å²) in [6.07, 6.45) is -1.62. The first-order valence-electron chi connectivity index (χ1n) is 8.16. The molecule has 16 heteroatoms. The Hall–Kier alpha value is -0.820. The van der Waals surface area contributed by atoms with Crippen molar-refractivity contribution in [3.8, 4) is 0 Å². The minimum Gasteiger partial charge on any atom is -0.388 e. The second-order valence-electron chi connectivity index (χ2n) is 5.90. The Kier molecular flexibility index (Phi) is 11.1. The van der Waals surface area contributed by atoms with Crippen LogP contribution in [0.25, 0.3) is 0 Å². The molecule has 0 spiro atoms. The maximum Gasteiger partial charge on any atom is 0.356 e. The minimum absolute atomic E-state index is 0.0331. The minimum atomic E-state index is -0.811. The van der Waals surface area contributed by atoms with Crippen molar-refractivity contribution in [1.82, 2.24) is 19.1 Å². The average molecular weight is 691 g/mol. The van der Waals surface area contributed by atoms with Gasteiger partial charge < -0.3 is 30.4 Å². The van der Waals surface area contributed by atoms with Gasteiger partial charge in [0, 0.05) is 13.8 Å². The third kappa shape index (κ3) is 7.11. The van der Waals surface area contributed by atoms with Crippen LogP contribution >= 0.6 is 68.4 Å². The second kappa shape index (κ2) is 12.3. The SMILES string of the molecule is Cc1nc(I)c([N+](=O)[O-])n1CC(O)CCl.Cc1nc(I)c([N+](=O)[O-])n1CC(O)CCl. The van der Waals surface area contributed by atoms with E-state index in [0.29, 0.717) is 19.1 Å². The van der Waals surface area contributed by atoms with Crippen LogP contribution in [-0.2, 0) is 13.1 Å². The topological polar surface area (TPSA) is 162 Å². The summed E-state index contributed by atoms with van der Waals surface area (Å²) >= 11 is 14.5. The molecule has 0 radical (unpaired) electrons. The van der Waals surface area contributed by atoms with E-state index in [1.807, 2.05) is 0 Å². The first-order valence-corrected chi connectivity index (χ1v) is 11.4. The molecular weight excluding hydrogens is 673 g/mol. The number of rotatable bonds is 8. The number of hydrogen-bond donors (Lipinski definition) is 2. The summed E-state index contributed by atoms with van der Waals surface area (Å²) in [6, 6.07) is 0. The van der Waals surface area contributed by atoms with Gasteiger partial charge in [-0.25, -0.2) is 9.13 Å². The van der Waals surface area contributed by atoms with Crippen LogP contribution in [0.2, 0.25) is 0 Å². The quantitative estimate of drug-likeness (QED) is 0.185. The van der Waals surface area contributed by atoms with Crippen LogP contribution in [0, 0.1) is 41.5 Å². The predicted octanol–water partition coefficient (Wildman–Crippen LogP) is 2.61. The van der Waals surface area contributed by atoms with Gasteiger partial charge in [-0.15, -0.1) is 23.2 Å². The molecular formula is C14H18Cl2I2N6O6. The lowest BCUT2D eigenvalue weighted by atomic mass is 10.4. The van der Waals surface area contributed by atoms with E-state index < -0.39 is 22.1 Å². The third-order valence-electron chi connectivity index (χ3n) is 3.67. The molecule has 0 saturated heterocycles. The van der Waals surface area contributed by atoms with E-state index in [0.717, 1.165) is 0 Å². The smallest absolute Gasteiger partial charge is 0.356 e. The predicted molar refractivity (Wildman–Crippen MR) is 126 cm³/mol. The molecule has 0 fully saturated rings. The summed E-state index contributed by atoms with van der Waals surface area (Å²) in [5.41, 5.74) is 0. The highest BCUT2D eigenvalue weighted by atomic mass is 127. The molecule has 0 bridgehead atoms. The molecule has 0 aromatic carbocycles. The molecule has 0 aliphatic heterocycles. The lowest BCUT2D eigenvalue weighted by molar-refractivity contribution is -0.393. The van der Waals surface area contributed by atoms with Gasteiger partial charge in [0.1, 0.15) is 25.3 Å². The molecule has 0 saturated carbocycles. The highest BCUT2D eigenvalue weighted by molar-refractivity contribution is 14.1. The number of aryl methyl sites for hydroxylation is 2. The maximum atomic E-state index is 10.8. The lowest BCUT2D eigenvalue weighted by Crippen LogP contribution is -2.19. The van der Waals surface area contributed by atoms with E-state index in [2.05, 4.69) is 9.97 Å². The van der Waals surface area contributed by atoms with E-state index in [4.69, 9.17) is 23.2 Å². The van der Waals surface area contributed by atoms with Gasteiger partial charge in [0.05, 0.1) is 11.8 Å². The summed E-state index contributed by atoms with van der Waals surface area (Å²) < 4.78 is 3.35. The van der Waals surface area contributed by atoms with E-state index in [1.165, 1.54) is 9.13 Å². The zero-order valence-electron chi connectivity index (χ0n) is 15.7. The van der Waals surface area contributed by atoms with Gasteiger partial charge in [0.25, 0.3) is 0 Å². The molecule has 2 atom stereocenters. The van der Waals surface area contributed by atoms with Gasteiger partial charge >= 0.3 is 11.6 Å². The molecule has 0 amide bonds. The zero-order chi connectivity index (χ0) is 23.2. The Morgan fingerprint density at radius 3 is 1.43 bits per heavy atom. The second-order valence-corrected chi connectivity index (χ2v) is 8.56. The summed E-state index contributed by atoms with van der Waals surface area (Å²) in [7, 11) is 0. The third-order valence-corrected chi connectivity index (χ3v) is 5.83. The highest BCUT2D eigenvalue weighted by Gasteiger charge is 2.26. The molecule has 0 aliphatic rings. The molecule has 2 unspecified atom stereocenters. The maximum absolute atomic E-state index is 10.8. The standard InChI is InChI=1S/2C7H9ClIN3O3/c2*1-4-10-6(9)7(12(14)15)11(4)3-5(13)2-8/h2*5,13H,2-3H2,1H3. The lowest BCUT2D eigenvalue weighted by Gasteiger charge is -2.06. The highest BCUT2D eigenvalue weighted by Crippen LogP contribution is 2.23. The van der Waals surface area contributed by atoms with Crippen LogP contribution in [0.5, 0.6) is 0 Å². The largest absolute Gasteiger partial charge is 0.388 e. The average Bonchev–Trinajstić information content (AvgIpc) is 3.09. The van der Waals surface area contributed by atoms with Crippen molar-refractivity contribution >= 4 is 80.0 Å². The molecule has 30 heavy (non-hydrogen) atoms. The van der Waals surface area contributed by atoms with Crippen molar-refractivity contribution in [3.05, 3.63) is 39.3 Å². The van der Waals surface area contributed by atoms with Gasteiger partial charge in [-0.2, -0.15) is 9.97 Å². The molecule has 2 heterocycles. The fourth-order valence-electron chi connectivity index (χ4n) is 2.34. The number of aromatic nitrogens is 4. The van der Waals surface area contributed by atoms with Gasteiger partial charge in [-0.05, 0) is 55.0 Å². The van der Waals surface area contributed by atoms with E-state index >= 15 is 0 Å². The van der Waals surface area contributed by atoms with Crippen LogP contribution in [0.4, 0.5) is 11.6 Å².